The van der Waals surface area contributed by atoms with Gasteiger partial charge >= 0.3 is 5.97 Å². The van der Waals surface area contributed by atoms with Crippen LogP contribution in [0.5, 0.6) is 0 Å². The van der Waals surface area contributed by atoms with Gasteiger partial charge in [0.25, 0.3) is 5.91 Å². The van der Waals surface area contributed by atoms with Gasteiger partial charge in [0.05, 0.1) is 11.1 Å². The molecule has 0 bridgehead atoms. The summed E-state index contributed by atoms with van der Waals surface area (Å²) in [5.41, 5.74) is -0.966. The van der Waals surface area contributed by atoms with Gasteiger partial charge in [-0.15, -0.1) is 0 Å². The fourth-order valence-electron chi connectivity index (χ4n) is 1.25. The van der Waals surface area contributed by atoms with E-state index in [2.05, 4.69) is 5.32 Å². The van der Waals surface area contributed by atoms with Crippen molar-refractivity contribution in [3.8, 4) is 0 Å². The van der Waals surface area contributed by atoms with Crippen molar-refractivity contribution < 1.29 is 23.5 Å². The van der Waals surface area contributed by atoms with Gasteiger partial charge in [-0.25, -0.2) is 13.6 Å². The van der Waals surface area contributed by atoms with E-state index in [1.165, 1.54) is 0 Å². The molecule has 0 saturated carbocycles. The number of hydrogen-bond acceptors (Lipinski definition) is 2. The number of amides is 1. The van der Waals surface area contributed by atoms with Crippen molar-refractivity contribution in [2.24, 2.45) is 0 Å². The molecule has 0 aromatic heterocycles. The predicted octanol–water partition coefficient (Wildman–Crippen LogP) is 1.80. The summed E-state index contributed by atoms with van der Waals surface area (Å²) in [5.74, 6) is -4.80. The molecule has 4 nitrogen and oxygen atoms in total. The molecule has 1 aromatic carbocycles. The van der Waals surface area contributed by atoms with Crippen molar-refractivity contribution in [3.63, 3.8) is 0 Å². The van der Waals surface area contributed by atoms with Crippen LogP contribution in [0.15, 0.2) is 12.1 Å². The van der Waals surface area contributed by atoms with Crippen LogP contribution in [0.4, 0.5) is 8.78 Å². The second-order valence-corrected chi connectivity index (χ2v) is 3.75. The average molecular weight is 243 g/mol. The zero-order valence-electron chi connectivity index (χ0n) is 9.25. The molecule has 0 unspecified atom stereocenters. The van der Waals surface area contributed by atoms with E-state index in [9.17, 15) is 18.4 Å². The van der Waals surface area contributed by atoms with Crippen LogP contribution in [0.25, 0.3) is 0 Å². The maximum atomic E-state index is 13.0. The first-order valence-corrected chi connectivity index (χ1v) is 4.86. The molecule has 2 N–H and O–H groups in total. The number of carboxylic acids is 1. The molecule has 0 radical (unpaired) electrons. The van der Waals surface area contributed by atoms with E-state index in [0.29, 0.717) is 12.1 Å². The van der Waals surface area contributed by atoms with E-state index < -0.39 is 34.6 Å². The van der Waals surface area contributed by atoms with Crippen LogP contribution in [0, 0.1) is 11.6 Å². The number of carbonyl (C=O) groups excluding carboxylic acids is 1. The molecule has 1 aromatic rings. The fraction of sp³-hybridized carbons (Fsp3) is 0.273. The zero-order chi connectivity index (χ0) is 13.2. The van der Waals surface area contributed by atoms with Crippen LogP contribution in [0.3, 0.4) is 0 Å². The monoisotopic (exact) mass is 243 g/mol. The van der Waals surface area contributed by atoms with Crippen LogP contribution >= 0.6 is 0 Å². The molecule has 6 heteroatoms. The quantitative estimate of drug-likeness (QED) is 0.850. The highest BCUT2D eigenvalue weighted by molar-refractivity contribution is 6.04. The van der Waals surface area contributed by atoms with Gasteiger partial charge in [0.1, 0.15) is 0 Å². The number of hydrogen-bond donors (Lipinski definition) is 2. The minimum Gasteiger partial charge on any atom is -0.478 e. The molecule has 92 valence electrons. The van der Waals surface area contributed by atoms with Crippen molar-refractivity contribution in [2.75, 3.05) is 0 Å². The van der Waals surface area contributed by atoms with Gasteiger partial charge in [0.15, 0.2) is 11.6 Å². The van der Waals surface area contributed by atoms with Gasteiger partial charge in [-0.1, -0.05) is 0 Å². The first-order valence-electron chi connectivity index (χ1n) is 4.86. The number of carbonyl (C=O) groups is 2. The van der Waals surface area contributed by atoms with E-state index in [0.717, 1.165) is 0 Å². The second kappa shape index (κ2) is 4.90. The first kappa shape index (κ1) is 13.1. The molecule has 17 heavy (non-hydrogen) atoms. The Morgan fingerprint density at radius 1 is 1.18 bits per heavy atom. The van der Waals surface area contributed by atoms with E-state index >= 15 is 0 Å². The number of carboxylic acid groups (broad SMARTS) is 1. The lowest BCUT2D eigenvalue weighted by molar-refractivity contribution is 0.0690. The van der Waals surface area contributed by atoms with Crippen molar-refractivity contribution in [2.45, 2.75) is 19.9 Å². The number of rotatable bonds is 3. The molecule has 0 atom stereocenters. The summed E-state index contributed by atoms with van der Waals surface area (Å²) < 4.78 is 25.8. The van der Waals surface area contributed by atoms with Gasteiger partial charge in [-0.3, -0.25) is 4.79 Å². The lowest BCUT2D eigenvalue weighted by atomic mass is 10.1. The third-order valence-corrected chi connectivity index (χ3v) is 1.96. The summed E-state index contributed by atoms with van der Waals surface area (Å²) in [4.78, 5) is 22.4. The molecule has 0 fully saturated rings. The van der Waals surface area contributed by atoms with Crippen LogP contribution in [0.2, 0.25) is 0 Å². The summed E-state index contributed by atoms with van der Waals surface area (Å²) in [7, 11) is 0. The van der Waals surface area contributed by atoms with E-state index in [1.54, 1.807) is 13.8 Å². The van der Waals surface area contributed by atoms with Crippen LogP contribution in [0.1, 0.15) is 34.6 Å². The maximum absolute atomic E-state index is 13.0. The molecule has 1 rings (SSSR count). The Bertz CT molecular complexity index is 472. The predicted molar refractivity (Wildman–Crippen MR) is 55.9 cm³/mol. The Morgan fingerprint density at radius 2 is 1.65 bits per heavy atom. The fourth-order valence-corrected chi connectivity index (χ4v) is 1.25. The standard InChI is InChI=1S/C11H11F2NO3/c1-5(2)14-10(15)6-3-8(12)9(13)4-7(6)11(16)17/h3-5H,1-2H3,(H,14,15)(H,16,17). The van der Waals surface area contributed by atoms with Crippen molar-refractivity contribution in [1.29, 1.82) is 0 Å². The normalized spacial score (nSPS) is 10.4. The number of aromatic carboxylic acids is 1. The van der Waals surface area contributed by atoms with E-state index in [-0.39, 0.29) is 6.04 Å². The Kier molecular flexibility index (Phi) is 3.77. The highest BCUT2D eigenvalue weighted by Crippen LogP contribution is 2.15. The Hall–Kier alpha value is -1.98. The molecular weight excluding hydrogens is 232 g/mol. The van der Waals surface area contributed by atoms with Gasteiger partial charge in [-0.05, 0) is 26.0 Å². The van der Waals surface area contributed by atoms with Crippen molar-refractivity contribution in [1.82, 2.24) is 5.32 Å². The molecule has 0 aliphatic rings. The highest BCUT2D eigenvalue weighted by atomic mass is 19.2. The summed E-state index contributed by atoms with van der Waals surface area (Å²) >= 11 is 0. The smallest absolute Gasteiger partial charge is 0.336 e. The van der Waals surface area contributed by atoms with Gasteiger partial charge in [-0.2, -0.15) is 0 Å². The minimum atomic E-state index is -1.49. The van der Waals surface area contributed by atoms with Crippen LogP contribution in [-0.4, -0.2) is 23.0 Å². The number of benzene rings is 1. The van der Waals surface area contributed by atoms with Crippen molar-refractivity contribution in [3.05, 3.63) is 34.9 Å². The van der Waals surface area contributed by atoms with Crippen LogP contribution in [-0.2, 0) is 0 Å². The van der Waals surface area contributed by atoms with Crippen LogP contribution < -0.4 is 5.32 Å². The minimum absolute atomic E-state index is 0.239. The molecule has 0 heterocycles. The van der Waals surface area contributed by atoms with Gasteiger partial charge < -0.3 is 10.4 Å². The molecule has 0 saturated heterocycles. The summed E-state index contributed by atoms with van der Waals surface area (Å²) in [5, 5.41) is 11.2. The third-order valence-electron chi connectivity index (χ3n) is 1.96. The highest BCUT2D eigenvalue weighted by Gasteiger charge is 2.20. The summed E-state index contributed by atoms with van der Waals surface area (Å²) in [6.07, 6.45) is 0. The molecule has 1 amide bonds. The lowest BCUT2D eigenvalue weighted by Crippen LogP contribution is -2.31. The number of nitrogens with one attached hydrogen (secondary N) is 1. The molecular formula is C11H11F2NO3. The van der Waals surface area contributed by atoms with E-state index in [1.807, 2.05) is 0 Å². The average Bonchev–Trinajstić information content (AvgIpc) is 2.19. The van der Waals surface area contributed by atoms with Gasteiger partial charge in [0.2, 0.25) is 0 Å². The van der Waals surface area contributed by atoms with E-state index in [4.69, 9.17) is 5.11 Å². The van der Waals surface area contributed by atoms with Gasteiger partial charge in [0, 0.05) is 6.04 Å². The third kappa shape index (κ3) is 2.99. The summed E-state index contributed by atoms with van der Waals surface area (Å²) in [6.45, 7) is 3.33. The Balaban J connectivity index is 3.26. The molecule has 0 aliphatic heterocycles. The number of halogens is 2. The lowest BCUT2D eigenvalue weighted by Gasteiger charge is -2.10. The molecule has 0 spiro atoms. The first-order chi connectivity index (χ1) is 7.82. The largest absolute Gasteiger partial charge is 0.478 e. The Labute approximate surface area is 96.3 Å². The van der Waals surface area contributed by atoms with Crippen molar-refractivity contribution >= 4 is 11.9 Å². The summed E-state index contributed by atoms with van der Waals surface area (Å²) in [6, 6.07) is 0.834. The topological polar surface area (TPSA) is 66.4 Å². The molecule has 0 aliphatic carbocycles. The Morgan fingerprint density at radius 3 is 2.06 bits per heavy atom. The maximum Gasteiger partial charge on any atom is 0.336 e. The zero-order valence-corrected chi connectivity index (χ0v) is 9.25. The second-order valence-electron chi connectivity index (χ2n) is 3.75. The SMILES string of the molecule is CC(C)NC(=O)c1cc(F)c(F)cc1C(=O)O.